The number of nitrogens with one attached hydrogen (secondary N) is 1. The van der Waals surface area contributed by atoms with Crippen molar-refractivity contribution in [3.63, 3.8) is 0 Å². The minimum atomic E-state index is -0.620. The summed E-state index contributed by atoms with van der Waals surface area (Å²) >= 11 is 0. The third-order valence-corrected chi connectivity index (χ3v) is 2.95. The molecule has 0 saturated heterocycles. The van der Waals surface area contributed by atoms with E-state index in [0.29, 0.717) is 19.4 Å². The fraction of sp³-hybridized carbons (Fsp3) is 0.438. The first-order chi connectivity index (χ1) is 11.2. The molecule has 0 heterocycles. The number of rotatable bonds is 9. The highest BCUT2D eigenvalue weighted by atomic mass is 16.5. The fourth-order valence-corrected chi connectivity index (χ4v) is 1.79. The van der Waals surface area contributed by atoms with Gasteiger partial charge in [0.05, 0.1) is 13.0 Å². The number of hydrogen-bond acceptors (Lipinski definition) is 4. The number of amides is 1. The summed E-state index contributed by atoms with van der Waals surface area (Å²) in [5.74, 6) is -0.620. The molecule has 1 amide bonds. The molecule has 1 aromatic rings. The molecule has 0 fully saturated rings. The number of esters is 1. The Hall–Kier alpha value is -2.66. The minimum Gasteiger partial charge on any atom is -0.457 e. The van der Waals surface area contributed by atoms with Crippen LogP contribution in [0.1, 0.15) is 31.7 Å². The van der Waals surface area contributed by atoms with Crippen LogP contribution in [0.2, 0.25) is 0 Å². The summed E-state index contributed by atoms with van der Waals surface area (Å²) in [6.07, 6.45) is 1.00. The zero-order valence-corrected chi connectivity index (χ0v) is 13.2. The number of alkyl carbamates (subject to hydrolysis) is 1. The quantitative estimate of drug-likeness (QED) is 0.248. The van der Waals surface area contributed by atoms with Gasteiger partial charge in [0.2, 0.25) is 0 Å². The van der Waals surface area contributed by atoms with Crippen LogP contribution in [0.4, 0.5) is 4.79 Å². The van der Waals surface area contributed by atoms with Gasteiger partial charge in [-0.2, -0.15) is 4.79 Å². The van der Waals surface area contributed by atoms with Crippen molar-refractivity contribution in [2.75, 3.05) is 13.2 Å². The number of carbonyl (C=O) groups is 2. The summed E-state index contributed by atoms with van der Waals surface area (Å²) in [6, 6.07) is 9.39. The van der Waals surface area contributed by atoms with Gasteiger partial charge in [0.25, 0.3) is 0 Å². The number of benzene rings is 1. The van der Waals surface area contributed by atoms with Crippen molar-refractivity contribution in [1.29, 1.82) is 0 Å². The van der Waals surface area contributed by atoms with Crippen molar-refractivity contribution in [2.24, 2.45) is 0 Å². The molecule has 0 bridgehead atoms. The highest BCUT2D eigenvalue weighted by Gasteiger charge is 2.20. The largest absolute Gasteiger partial charge is 0.457 e. The van der Waals surface area contributed by atoms with E-state index in [1.54, 1.807) is 6.92 Å². The third-order valence-electron chi connectivity index (χ3n) is 2.95. The van der Waals surface area contributed by atoms with Gasteiger partial charge in [0.1, 0.15) is 6.61 Å². The number of unbranched alkanes of at least 4 members (excludes halogenated alkanes) is 1. The maximum atomic E-state index is 11.5. The molecule has 0 aromatic heterocycles. The van der Waals surface area contributed by atoms with Gasteiger partial charge in [0, 0.05) is 6.54 Å². The van der Waals surface area contributed by atoms with Crippen LogP contribution in [0.3, 0.4) is 0 Å². The van der Waals surface area contributed by atoms with Crippen molar-refractivity contribution in [1.82, 2.24) is 5.32 Å². The zero-order valence-electron chi connectivity index (χ0n) is 13.2. The lowest BCUT2D eigenvalue weighted by atomic mass is 10.1. The summed E-state index contributed by atoms with van der Waals surface area (Å²) < 4.78 is 9.80. The lowest BCUT2D eigenvalue weighted by molar-refractivity contribution is -0.140. The Kier molecular flexibility index (Phi) is 8.78. The average Bonchev–Trinajstić information content (AvgIpc) is 2.57. The molecule has 0 radical (unpaired) electrons. The van der Waals surface area contributed by atoms with Crippen LogP contribution >= 0.6 is 0 Å². The molecule has 0 unspecified atom stereocenters. The standard InChI is InChI=1S/C16H21N3O4/c1-2-22-15(20)14(19-17)10-6-7-11-18-16(21)23-12-13-8-4-3-5-9-13/h3-5,8-9H,2,6-7,10-12H2,1H3,(H,18,21). The van der Waals surface area contributed by atoms with Gasteiger partial charge in [-0.3, -0.25) is 0 Å². The summed E-state index contributed by atoms with van der Waals surface area (Å²) in [6.45, 7) is 2.54. The van der Waals surface area contributed by atoms with E-state index in [0.717, 1.165) is 5.56 Å². The summed E-state index contributed by atoms with van der Waals surface area (Å²) in [4.78, 5) is 25.8. The van der Waals surface area contributed by atoms with Crippen molar-refractivity contribution in [2.45, 2.75) is 32.8 Å². The molecule has 23 heavy (non-hydrogen) atoms. The molecule has 7 nitrogen and oxygen atoms in total. The minimum absolute atomic E-state index is 0.0153. The monoisotopic (exact) mass is 319 g/mol. The molecule has 0 saturated carbocycles. The van der Waals surface area contributed by atoms with Crippen molar-refractivity contribution >= 4 is 17.8 Å². The van der Waals surface area contributed by atoms with Crippen LogP contribution < -0.4 is 5.32 Å². The average molecular weight is 319 g/mol. The molecule has 1 rings (SSSR count). The maximum absolute atomic E-state index is 11.5. The van der Waals surface area contributed by atoms with Crippen molar-refractivity contribution < 1.29 is 23.9 Å². The van der Waals surface area contributed by atoms with Crippen LogP contribution in [-0.4, -0.2) is 35.7 Å². The summed E-state index contributed by atoms with van der Waals surface area (Å²) in [7, 11) is 0. The van der Waals surface area contributed by atoms with Crippen LogP contribution in [0, 0.1) is 0 Å². The SMILES string of the molecule is CCOC(=O)C(CCCCNC(=O)OCc1ccccc1)=[N+]=[N-]. The maximum Gasteiger partial charge on any atom is 0.416 e. The smallest absolute Gasteiger partial charge is 0.416 e. The van der Waals surface area contributed by atoms with Gasteiger partial charge in [-0.1, -0.05) is 30.3 Å². The molecule has 0 aliphatic rings. The van der Waals surface area contributed by atoms with Crippen molar-refractivity contribution in [3.8, 4) is 0 Å². The van der Waals surface area contributed by atoms with E-state index in [4.69, 9.17) is 15.0 Å². The first-order valence-corrected chi connectivity index (χ1v) is 7.50. The topological polar surface area (TPSA) is 101 Å². The molecule has 7 heteroatoms. The highest BCUT2D eigenvalue weighted by molar-refractivity contribution is 6.33. The first-order valence-electron chi connectivity index (χ1n) is 7.50. The Balaban J connectivity index is 2.13. The second kappa shape index (κ2) is 11.0. The molecule has 124 valence electrons. The van der Waals surface area contributed by atoms with Gasteiger partial charge in [-0.25, -0.2) is 9.59 Å². The number of hydrogen-bond donors (Lipinski definition) is 1. The van der Waals surface area contributed by atoms with E-state index in [1.807, 2.05) is 30.3 Å². The predicted octanol–water partition coefficient (Wildman–Crippen LogP) is 2.32. The fourth-order valence-electron chi connectivity index (χ4n) is 1.79. The Morgan fingerprint density at radius 2 is 1.91 bits per heavy atom. The summed E-state index contributed by atoms with van der Waals surface area (Å²) in [5, 5.41) is 2.62. The Labute approximate surface area is 135 Å². The van der Waals surface area contributed by atoms with Gasteiger partial charge >= 0.3 is 17.8 Å². The summed E-state index contributed by atoms with van der Waals surface area (Å²) in [5.41, 5.74) is 9.65. The van der Waals surface area contributed by atoms with E-state index >= 15 is 0 Å². The van der Waals surface area contributed by atoms with Crippen LogP contribution in [0.25, 0.3) is 5.53 Å². The lowest BCUT2D eigenvalue weighted by Gasteiger charge is -2.06. The normalized spacial score (nSPS) is 9.61. The van der Waals surface area contributed by atoms with Gasteiger partial charge in [-0.05, 0) is 25.3 Å². The number of nitrogens with zero attached hydrogens (tertiary/aromatic N) is 2. The Morgan fingerprint density at radius 3 is 2.57 bits per heavy atom. The van der Waals surface area contributed by atoms with E-state index < -0.39 is 12.1 Å². The van der Waals surface area contributed by atoms with Gasteiger partial charge < -0.3 is 20.3 Å². The lowest BCUT2D eigenvalue weighted by Crippen LogP contribution is -2.25. The van der Waals surface area contributed by atoms with Crippen LogP contribution in [0.15, 0.2) is 30.3 Å². The van der Waals surface area contributed by atoms with E-state index in [9.17, 15) is 9.59 Å². The zero-order chi connectivity index (χ0) is 16.9. The second-order valence-electron chi connectivity index (χ2n) is 4.71. The predicted molar refractivity (Wildman–Crippen MR) is 83.7 cm³/mol. The molecular weight excluding hydrogens is 298 g/mol. The number of ether oxygens (including phenoxy) is 2. The highest BCUT2D eigenvalue weighted by Crippen LogP contribution is 2.01. The van der Waals surface area contributed by atoms with Crippen LogP contribution in [-0.2, 0) is 20.9 Å². The Morgan fingerprint density at radius 1 is 1.17 bits per heavy atom. The Bertz CT molecular complexity index is 554. The second-order valence-corrected chi connectivity index (χ2v) is 4.71. The van der Waals surface area contributed by atoms with E-state index in [-0.39, 0.29) is 25.3 Å². The van der Waals surface area contributed by atoms with Gasteiger partial charge in [0.15, 0.2) is 0 Å². The van der Waals surface area contributed by atoms with E-state index in [1.165, 1.54) is 0 Å². The molecule has 0 atom stereocenters. The van der Waals surface area contributed by atoms with Gasteiger partial charge in [-0.15, -0.1) is 0 Å². The van der Waals surface area contributed by atoms with E-state index in [2.05, 4.69) is 10.1 Å². The molecular formula is C16H21N3O4. The number of carbonyl (C=O) groups excluding carboxylic acids is 2. The molecule has 0 aliphatic carbocycles. The van der Waals surface area contributed by atoms with Crippen molar-refractivity contribution in [3.05, 3.63) is 41.4 Å². The third kappa shape index (κ3) is 7.78. The molecule has 1 aromatic carbocycles. The molecule has 1 N–H and O–H groups in total. The molecule has 0 spiro atoms. The first kappa shape index (κ1) is 18.4. The van der Waals surface area contributed by atoms with Crippen LogP contribution in [0.5, 0.6) is 0 Å². The molecule has 0 aliphatic heterocycles.